The Morgan fingerprint density at radius 1 is 1.20 bits per heavy atom. The van der Waals surface area contributed by atoms with E-state index in [1.54, 1.807) is 12.3 Å². The summed E-state index contributed by atoms with van der Waals surface area (Å²) < 4.78 is 28.1. The minimum atomic E-state index is -0.865. The van der Waals surface area contributed by atoms with Crippen LogP contribution < -0.4 is 5.56 Å². The van der Waals surface area contributed by atoms with E-state index in [1.807, 2.05) is 37.9 Å². The Morgan fingerprint density at radius 2 is 1.96 bits per heavy atom. The lowest BCUT2D eigenvalue weighted by Crippen LogP contribution is -2.25. The summed E-state index contributed by atoms with van der Waals surface area (Å²) in [5.41, 5.74) is 2.69. The van der Waals surface area contributed by atoms with Gasteiger partial charge in [-0.15, -0.1) is 0 Å². The van der Waals surface area contributed by atoms with Crippen molar-refractivity contribution in [2.75, 3.05) is 7.05 Å². The average Bonchev–Trinajstić information content (AvgIpc) is 2.57. The number of rotatable bonds is 4. The number of aryl methyl sites for hydroxylation is 1. The molecule has 6 heteroatoms. The molecule has 0 saturated heterocycles. The molecule has 3 aromatic rings. The third-order valence-corrected chi connectivity index (χ3v) is 4.44. The smallest absolute Gasteiger partial charge is 0.258 e. The number of halogens is 2. The molecule has 0 spiro atoms. The van der Waals surface area contributed by atoms with Crippen molar-refractivity contribution in [1.82, 2.24) is 14.3 Å². The van der Waals surface area contributed by atoms with Crippen molar-refractivity contribution in [1.29, 1.82) is 0 Å². The van der Waals surface area contributed by atoms with Gasteiger partial charge in [-0.3, -0.25) is 14.1 Å². The molecule has 3 rings (SSSR count). The van der Waals surface area contributed by atoms with Crippen molar-refractivity contribution in [3.63, 3.8) is 0 Å². The number of hydrogen-bond donors (Lipinski definition) is 0. The van der Waals surface area contributed by atoms with Gasteiger partial charge < -0.3 is 0 Å². The van der Waals surface area contributed by atoms with Crippen molar-refractivity contribution in [2.24, 2.45) is 0 Å². The third-order valence-electron chi connectivity index (χ3n) is 4.44. The summed E-state index contributed by atoms with van der Waals surface area (Å²) in [6.45, 7) is 4.21. The van der Waals surface area contributed by atoms with Gasteiger partial charge in [-0.25, -0.2) is 13.8 Å². The Bertz CT molecular complexity index is 984. The minimum Gasteiger partial charge on any atom is -0.294 e. The van der Waals surface area contributed by atoms with E-state index in [0.717, 1.165) is 11.6 Å². The average molecular weight is 343 g/mol. The molecule has 1 atom stereocenters. The van der Waals surface area contributed by atoms with E-state index in [-0.39, 0.29) is 11.6 Å². The van der Waals surface area contributed by atoms with Crippen molar-refractivity contribution < 1.29 is 8.78 Å². The van der Waals surface area contributed by atoms with E-state index >= 15 is 0 Å². The topological polar surface area (TPSA) is 37.6 Å². The van der Waals surface area contributed by atoms with Crippen LogP contribution in [0, 0.1) is 18.6 Å². The largest absolute Gasteiger partial charge is 0.294 e. The normalized spacial score (nSPS) is 12.7. The van der Waals surface area contributed by atoms with Gasteiger partial charge in [0.15, 0.2) is 11.6 Å². The fourth-order valence-electron chi connectivity index (χ4n) is 2.81. The summed E-state index contributed by atoms with van der Waals surface area (Å²) in [6, 6.07) is 8.93. The number of nitrogens with zero attached hydrogens (tertiary/aromatic N) is 3. The van der Waals surface area contributed by atoms with E-state index in [4.69, 9.17) is 0 Å². The molecule has 0 bridgehead atoms. The molecular formula is C19H19F2N3O. The summed E-state index contributed by atoms with van der Waals surface area (Å²) in [6.07, 6.45) is 1.69. The minimum absolute atomic E-state index is 0.141. The molecule has 0 aliphatic rings. The number of pyridine rings is 1. The van der Waals surface area contributed by atoms with Gasteiger partial charge in [-0.05, 0) is 50.2 Å². The second-order valence-corrected chi connectivity index (χ2v) is 6.24. The molecule has 0 fully saturated rings. The molecular weight excluding hydrogens is 324 g/mol. The van der Waals surface area contributed by atoms with E-state index < -0.39 is 11.6 Å². The number of aromatic nitrogens is 2. The summed E-state index contributed by atoms with van der Waals surface area (Å²) in [5.74, 6) is -1.73. The zero-order chi connectivity index (χ0) is 18.1. The Kier molecular flexibility index (Phi) is 4.63. The van der Waals surface area contributed by atoms with Crippen molar-refractivity contribution in [3.05, 3.63) is 81.4 Å². The first kappa shape index (κ1) is 17.2. The second kappa shape index (κ2) is 6.72. The van der Waals surface area contributed by atoms with Crippen LogP contribution in [-0.2, 0) is 6.54 Å². The molecule has 0 amide bonds. The van der Waals surface area contributed by atoms with Gasteiger partial charge in [0.2, 0.25) is 0 Å². The first-order chi connectivity index (χ1) is 11.9. The third kappa shape index (κ3) is 3.44. The predicted molar refractivity (Wildman–Crippen MR) is 92.4 cm³/mol. The predicted octanol–water partition coefficient (Wildman–Crippen LogP) is 3.47. The van der Waals surface area contributed by atoms with E-state index in [1.165, 1.54) is 16.5 Å². The van der Waals surface area contributed by atoms with Gasteiger partial charge in [-0.1, -0.05) is 12.1 Å². The first-order valence-electron chi connectivity index (χ1n) is 8.00. The zero-order valence-electron chi connectivity index (χ0n) is 14.3. The highest BCUT2D eigenvalue weighted by Gasteiger charge is 2.15. The first-order valence-corrected chi connectivity index (χ1v) is 8.00. The molecule has 25 heavy (non-hydrogen) atoms. The van der Waals surface area contributed by atoms with Crippen LogP contribution in [0.1, 0.15) is 29.8 Å². The molecule has 0 radical (unpaired) electrons. The maximum atomic E-state index is 13.5. The summed E-state index contributed by atoms with van der Waals surface area (Å²) in [5, 5.41) is 0. The fourth-order valence-corrected chi connectivity index (χ4v) is 2.81. The van der Waals surface area contributed by atoms with Crippen molar-refractivity contribution in [2.45, 2.75) is 26.4 Å². The van der Waals surface area contributed by atoms with Gasteiger partial charge in [0, 0.05) is 24.8 Å². The molecule has 0 unspecified atom stereocenters. The van der Waals surface area contributed by atoms with Gasteiger partial charge in [-0.2, -0.15) is 0 Å². The lowest BCUT2D eigenvalue weighted by atomic mass is 10.1. The summed E-state index contributed by atoms with van der Waals surface area (Å²) in [4.78, 5) is 18.8. The Hall–Kier alpha value is -2.60. The van der Waals surface area contributed by atoms with Crippen molar-refractivity contribution >= 4 is 5.65 Å². The van der Waals surface area contributed by atoms with Gasteiger partial charge >= 0.3 is 0 Å². The second-order valence-electron chi connectivity index (χ2n) is 6.24. The maximum absolute atomic E-state index is 13.5. The standard InChI is InChI=1S/C19H19F2N3O/c1-12-5-4-8-24-18(25)10-15(22-19(12)24)11-23(3)13(2)14-6-7-16(20)17(21)9-14/h4-10,13H,11H2,1-3H3/t13-/m0/s1. The van der Waals surface area contributed by atoms with Crippen LogP contribution >= 0.6 is 0 Å². The lowest BCUT2D eigenvalue weighted by Gasteiger charge is -2.25. The fraction of sp³-hybridized carbons (Fsp3) is 0.263. The molecule has 0 N–H and O–H groups in total. The zero-order valence-corrected chi connectivity index (χ0v) is 14.3. The Labute approximate surface area is 144 Å². The van der Waals surface area contributed by atoms with Crippen LogP contribution in [0.5, 0.6) is 0 Å². The highest BCUT2D eigenvalue weighted by atomic mass is 19.2. The molecule has 0 saturated carbocycles. The molecule has 1 aromatic carbocycles. The molecule has 2 heterocycles. The molecule has 130 valence electrons. The number of hydrogen-bond acceptors (Lipinski definition) is 3. The van der Waals surface area contributed by atoms with Crippen LogP contribution in [0.3, 0.4) is 0 Å². The molecule has 2 aromatic heterocycles. The van der Waals surface area contributed by atoms with E-state index in [9.17, 15) is 13.6 Å². The highest BCUT2D eigenvalue weighted by Crippen LogP contribution is 2.22. The quantitative estimate of drug-likeness (QED) is 0.728. The number of benzene rings is 1. The Morgan fingerprint density at radius 3 is 2.68 bits per heavy atom. The van der Waals surface area contributed by atoms with Crippen LogP contribution in [0.15, 0.2) is 47.4 Å². The van der Waals surface area contributed by atoms with E-state index in [2.05, 4.69) is 4.98 Å². The lowest BCUT2D eigenvalue weighted by molar-refractivity contribution is 0.249. The van der Waals surface area contributed by atoms with E-state index in [0.29, 0.717) is 23.4 Å². The van der Waals surface area contributed by atoms with Gasteiger partial charge in [0.1, 0.15) is 5.65 Å². The van der Waals surface area contributed by atoms with Gasteiger partial charge in [0.05, 0.1) is 5.69 Å². The summed E-state index contributed by atoms with van der Waals surface area (Å²) in [7, 11) is 1.85. The molecule has 0 aliphatic carbocycles. The number of fused-ring (bicyclic) bond motifs is 1. The van der Waals surface area contributed by atoms with Crippen LogP contribution in [-0.4, -0.2) is 21.3 Å². The van der Waals surface area contributed by atoms with Crippen LogP contribution in [0.4, 0.5) is 8.78 Å². The highest BCUT2D eigenvalue weighted by molar-refractivity contribution is 5.46. The SMILES string of the molecule is Cc1cccn2c(=O)cc(CN(C)[C@@H](C)c3ccc(F)c(F)c3)nc12. The van der Waals surface area contributed by atoms with Crippen molar-refractivity contribution in [3.8, 4) is 0 Å². The van der Waals surface area contributed by atoms with Gasteiger partial charge in [0.25, 0.3) is 5.56 Å². The Balaban J connectivity index is 1.88. The van der Waals surface area contributed by atoms with Crippen LogP contribution in [0.2, 0.25) is 0 Å². The summed E-state index contributed by atoms with van der Waals surface area (Å²) >= 11 is 0. The molecule has 4 nitrogen and oxygen atoms in total. The molecule has 0 aliphatic heterocycles. The van der Waals surface area contributed by atoms with Crippen LogP contribution in [0.25, 0.3) is 5.65 Å². The monoisotopic (exact) mass is 343 g/mol. The maximum Gasteiger partial charge on any atom is 0.258 e.